The Kier molecular flexibility index (Phi) is 19.2. The van der Waals surface area contributed by atoms with Crippen molar-refractivity contribution in [3.05, 3.63) is 0 Å². The van der Waals surface area contributed by atoms with Crippen LogP contribution in [0.25, 0.3) is 0 Å². The molecule has 0 aliphatic rings. The highest BCUT2D eigenvalue weighted by molar-refractivity contribution is 6.63. The standard InChI is InChI=1S/C26H42Cl2N4O10/c1-5-6-15-41-19(33)12-10-16(31-24(27)39)21(35)29-14-8-7-9-18(23(37)38)30-22(36)17(32-25(28)40)11-13-20(34)42-26(2,3)4/h16-18H,5-15H2,1-4H3,(H,29,35)(H,30,36)(H,31,39)(H,32,40)(H,37,38). The summed E-state index contributed by atoms with van der Waals surface area (Å²) in [5, 5.41) is 16.9. The summed E-state index contributed by atoms with van der Waals surface area (Å²) in [7, 11) is 0. The van der Waals surface area contributed by atoms with Crippen LogP contribution in [0.4, 0.5) is 9.59 Å². The molecule has 0 heterocycles. The lowest BCUT2D eigenvalue weighted by atomic mass is 10.1. The molecule has 0 aromatic heterocycles. The van der Waals surface area contributed by atoms with Crippen molar-refractivity contribution < 1.29 is 48.1 Å². The molecule has 16 heteroatoms. The van der Waals surface area contributed by atoms with Crippen LogP contribution in [0.1, 0.15) is 85.5 Å². The predicted octanol–water partition coefficient (Wildman–Crippen LogP) is 2.72. The minimum absolute atomic E-state index is 0.0179. The number of esters is 2. The Balaban J connectivity index is 4.83. The molecule has 14 nitrogen and oxygen atoms in total. The summed E-state index contributed by atoms with van der Waals surface area (Å²) in [6, 6.07) is -3.68. The molecule has 5 N–H and O–H groups in total. The fourth-order valence-electron chi connectivity index (χ4n) is 3.47. The number of aliphatic carboxylic acids is 1. The normalized spacial score (nSPS) is 13.1. The van der Waals surface area contributed by atoms with Gasteiger partial charge in [-0.05, 0) is 82.5 Å². The lowest BCUT2D eigenvalue weighted by Crippen LogP contribution is -2.51. The van der Waals surface area contributed by atoms with Crippen molar-refractivity contribution in [2.45, 2.75) is 109 Å². The molecule has 0 aromatic carbocycles. The maximum Gasteiger partial charge on any atom is 0.326 e. The number of carbonyl (C=O) groups is 7. The number of rotatable bonds is 20. The Labute approximate surface area is 255 Å². The number of nitrogens with one attached hydrogen (secondary N) is 4. The molecule has 0 fully saturated rings. The summed E-state index contributed by atoms with van der Waals surface area (Å²) >= 11 is 10.7. The molecular formula is C26H42Cl2N4O10. The number of hydrogen-bond donors (Lipinski definition) is 5. The number of amides is 4. The molecule has 3 atom stereocenters. The first-order valence-corrected chi connectivity index (χ1v) is 14.4. The van der Waals surface area contributed by atoms with E-state index >= 15 is 0 Å². The van der Waals surface area contributed by atoms with Crippen molar-refractivity contribution in [3.63, 3.8) is 0 Å². The SMILES string of the molecule is CCCCOC(=O)CCC(NC(=O)Cl)C(=O)NCCCCC(NC(=O)C(CCC(=O)OC(C)(C)C)NC(=O)Cl)C(=O)O. The van der Waals surface area contributed by atoms with E-state index in [9.17, 15) is 38.7 Å². The minimum Gasteiger partial charge on any atom is -0.480 e. The van der Waals surface area contributed by atoms with Gasteiger partial charge in [-0.1, -0.05) is 13.3 Å². The first-order valence-electron chi connectivity index (χ1n) is 13.7. The van der Waals surface area contributed by atoms with Gasteiger partial charge in [-0.3, -0.25) is 28.8 Å². The molecule has 0 aliphatic carbocycles. The second-order valence-electron chi connectivity index (χ2n) is 10.4. The van der Waals surface area contributed by atoms with E-state index < -0.39 is 64.2 Å². The van der Waals surface area contributed by atoms with Gasteiger partial charge in [-0.15, -0.1) is 0 Å². The quantitative estimate of drug-likeness (QED) is 0.0569. The second kappa shape index (κ2) is 20.7. The Morgan fingerprint density at radius 3 is 1.79 bits per heavy atom. The Morgan fingerprint density at radius 2 is 1.29 bits per heavy atom. The van der Waals surface area contributed by atoms with E-state index in [-0.39, 0.29) is 51.7 Å². The van der Waals surface area contributed by atoms with Gasteiger partial charge in [0.1, 0.15) is 23.7 Å². The summed E-state index contributed by atoms with van der Waals surface area (Å²) < 4.78 is 10.2. The van der Waals surface area contributed by atoms with Crippen LogP contribution < -0.4 is 21.3 Å². The topological polar surface area (TPSA) is 206 Å². The highest BCUT2D eigenvalue weighted by Crippen LogP contribution is 2.11. The number of hydrogen-bond acceptors (Lipinski definition) is 9. The summed E-state index contributed by atoms with van der Waals surface area (Å²) in [6.45, 7) is 7.32. The summed E-state index contributed by atoms with van der Waals surface area (Å²) in [5.74, 6) is -3.88. The third-order valence-corrected chi connectivity index (χ3v) is 5.72. The van der Waals surface area contributed by atoms with E-state index in [0.29, 0.717) is 12.8 Å². The third-order valence-electron chi connectivity index (χ3n) is 5.50. The van der Waals surface area contributed by atoms with Gasteiger partial charge in [0.15, 0.2) is 0 Å². The van der Waals surface area contributed by atoms with Crippen molar-refractivity contribution in [1.82, 2.24) is 21.3 Å². The van der Waals surface area contributed by atoms with E-state index in [1.807, 2.05) is 6.92 Å². The summed E-state index contributed by atoms with van der Waals surface area (Å²) in [6.07, 6.45) is 1.57. The number of carboxylic acid groups (broad SMARTS) is 1. The van der Waals surface area contributed by atoms with Crippen LogP contribution in [0.2, 0.25) is 0 Å². The van der Waals surface area contributed by atoms with Gasteiger partial charge in [0.2, 0.25) is 11.8 Å². The molecule has 4 amide bonds. The zero-order chi connectivity index (χ0) is 32.3. The Bertz CT molecular complexity index is 943. The van der Waals surface area contributed by atoms with E-state index in [0.717, 1.165) is 6.42 Å². The van der Waals surface area contributed by atoms with Crippen molar-refractivity contribution in [2.24, 2.45) is 0 Å². The van der Waals surface area contributed by atoms with Gasteiger partial charge >= 0.3 is 28.6 Å². The highest BCUT2D eigenvalue weighted by atomic mass is 35.5. The largest absolute Gasteiger partial charge is 0.480 e. The molecule has 0 rings (SSSR count). The maximum absolute atomic E-state index is 12.7. The molecular weight excluding hydrogens is 599 g/mol. The summed E-state index contributed by atoms with van der Waals surface area (Å²) in [4.78, 5) is 83.3. The van der Waals surface area contributed by atoms with Crippen LogP contribution in [-0.2, 0) is 33.4 Å². The van der Waals surface area contributed by atoms with Gasteiger partial charge in [0.05, 0.1) is 6.61 Å². The van der Waals surface area contributed by atoms with Gasteiger partial charge in [-0.25, -0.2) is 4.79 Å². The van der Waals surface area contributed by atoms with Crippen LogP contribution >= 0.6 is 23.2 Å². The van der Waals surface area contributed by atoms with Gasteiger partial charge in [0, 0.05) is 19.4 Å². The number of unbranched alkanes of at least 4 members (excludes halogenated alkanes) is 2. The average molecular weight is 642 g/mol. The molecule has 42 heavy (non-hydrogen) atoms. The van der Waals surface area contributed by atoms with Crippen molar-refractivity contribution in [3.8, 4) is 0 Å². The number of carboxylic acids is 1. The number of carbonyl (C=O) groups excluding carboxylic acids is 6. The van der Waals surface area contributed by atoms with Crippen molar-refractivity contribution >= 4 is 63.7 Å². The molecule has 0 radical (unpaired) electrons. The molecule has 0 bridgehead atoms. The van der Waals surface area contributed by atoms with Crippen molar-refractivity contribution in [1.29, 1.82) is 0 Å². The lowest BCUT2D eigenvalue weighted by Gasteiger charge is -2.22. The first-order chi connectivity index (χ1) is 19.5. The fourth-order valence-corrected chi connectivity index (χ4v) is 3.73. The molecule has 240 valence electrons. The lowest BCUT2D eigenvalue weighted by molar-refractivity contribution is -0.155. The van der Waals surface area contributed by atoms with E-state index in [1.165, 1.54) is 0 Å². The minimum atomic E-state index is -1.33. The zero-order valence-corrected chi connectivity index (χ0v) is 25.9. The second-order valence-corrected chi connectivity index (χ2v) is 11.1. The first kappa shape index (κ1) is 38.9. The Morgan fingerprint density at radius 1 is 0.738 bits per heavy atom. The van der Waals surface area contributed by atoms with E-state index in [1.54, 1.807) is 20.8 Å². The van der Waals surface area contributed by atoms with Crippen LogP contribution in [0.3, 0.4) is 0 Å². The van der Waals surface area contributed by atoms with Gasteiger partial charge < -0.3 is 35.8 Å². The van der Waals surface area contributed by atoms with Crippen LogP contribution in [0.15, 0.2) is 0 Å². The number of halogens is 2. The third kappa shape index (κ3) is 19.9. The number of ether oxygens (including phenoxy) is 2. The Hall–Kier alpha value is -3.13. The van der Waals surface area contributed by atoms with Crippen LogP contribution in [0.5, 0.6) is 0 Å². The maximum atomic E-state index is 12.7. The van der Waals surface area contributed by atoms with Crippen LogP contribution in [-0.4, -0.2) is 82.4 Å². The predicted molar refractivity (Wildman–Crippen MR) is 153 cm³/mol. The van der Waals surface area contributed by atoms with E-state index in [2.05, 4.69) is 21.3 Å². The van der Waals surface area contributed by atoms with Gasteiger partial charge in [0.25, 0.3) is 0 Å². The highest BCUT2D eigenvalue weighted by Gasteiger charge is 2.28. The fraction of sp³-hybridized carbons (Fsp3) is 0.731. The molecule has 0 saturated carbocycles. The zero-order valence-electron chi connectivity index (χ0n) is 24.4. The molecule has 0 saturated heterocycles. The smallest absolute Gasteiger partial charge is 0.326 e. The van der Waals surface area contributed by atoms with E-state index in [4.69, 9.17) is 32.7 Å². The molecule has 0 aliphatic heterocycles. The summed E-state index contributed by atoms with van der Waals surface area (Å²) in [5.41, 5.74) is -0.751. The molecule has 0 spiro atoms. The molecule has 0 aromatic rings. The average Bonchev–Trinajstić information content (AvgIpc) is 2.86. The molecule has 3 unspecified atom stereocenters. The van der Waals surface area contributed by atoms with Gasteiger partial charge in [-0.2, -0.15) is 0 Å². The van der Waals surface area contributed by atoms with Crippen LogP contribution in [0, 0.1) is 0 Å². The monoisotopic (exact) mass is 640 g/mol. The van der Waals surface area contributed by atoms with Crippen molar-refractivity contribution in [2.75, 3.05) is 13.2 Å².